The number of aromatic nitrogens is 2. The van der Waals surface area contributed by atoms with Gasteiger partial charge in [-0.1, -0.05) is 17.7 Å². The lowest BCUT2D eigenvalue weighted by Crippen LogP contribution is -2.12. The number of amides is 1. The largest absolute Gasteiger partial charge is 0.492 e. The molecular weight excluding hydrogens is 470 g/mol. The van der Waals surface area contributed by atoms with Crippen LogP contribution in [0.2, 0.25) is 5.02 Å². The molecule has 1 heterocycles. The molecule has 0 bridgehead atoms. The molecule has 1 aromatic heterocycles. The molecule has 1 N–H and O–H groups in total. The van der Waals surface area contributed by atoms with Crippen LogP contribution in [0.25, 0.3) is 0 Å². The van der Waals surface area contributed by atoms with Crippen molar-refractivity contribution < 1.29 is 14.3 Å². The fraction of sp³-hybridized carbons (Fsp3) is 0.227. The lowest BCUT2D eigenvalue weighted by Gasteiger charge is -2.10. The van der Waals surface area contributed by atoms with Crippen LogP contribution in [-0.2, 0) is 4.79 Å². The number of carbonyl (C=O) groups is 1. The molecule has 8 heteroatoms. The second kappa shape index (κ2) is 10.4. The first kappa shape index (κ1) is 22.1. The first-order valence-corrected chi connectivity index (χ1v) is 10.5. The predicted octanol–water partition coefficient (Wildman–Crippen LogP) is 6.10. The van der Waals surface area contributed by atoms with Gasteiger partial charge in [0, 0.05) is 34.6 Å². The summed E-state index contributed by atoms with van der Waals surface area (Å²) < 4.78 is 12.2. The number of ether oxygens (including phenoxy) is 2. The van der Waals surface area contributed by atoms with Crippen LogP contribution in [-0.4, -0.2) is 22.5 Å². The molecule has 0 aliphatic carbocycles. The lowest BCUT2D eigenvalue weighted by atomic mass is 10.2. The van der Waals surface area contributed by atoms with Gasteiger partial charge in [0.2, 0.25) is 5.91 Å². The maximum atomic E-state index is 12.2. The Morgan fingerprint density at radius 1 is 1.10 bits per heavy atom. The molecule has 2 aromatic carbocycles. The summed E-state index contributed by atoms with van der Waals surface area (Å²) in [6.45, 7) is 4.18. The minimum atomic E-state index is -0.103. The van der Waals surface area contributed by atoms with Crippen LogP contribution in [0.3, 0.4) is 0 Å². The third-order valence-corrected chi connectivity index (χ3v) is 4.84. The van der Waals surface area contributed by atoms with E-state index in [-0.39, 0.29) is 11.9 Å². The van der Waals surface area contributed by atoms with E-state index in [0.717, 1.165) is 15.9 Å². The molecule has 0 radical (unpaired) electrons. The summed E-state index contributed by atoms with van der Waals surface area (Å²) in [7, 11) is 0. The first-order valence-electron chi connectivity index (χ1n) is 9.37. The summed E-state index contributed by atoms with van der Waals surface area (Å²) in [4.78, 5) is 20.8. The van der Waals surface area contributed by atoms with E-state index < -0.39 is 0 Å². The van der Waals surface area contributed by atoms with E-state index in [0.29, 0.717) is 41.7 Å². The fourth-order valence-electron chi connectivity index (χ4n) is 2.71. The van der Waals surface area contributed by atoms with Crippen LogP contribution in [0.5, 0.6) is 17.5 Å². The smallest absolute Gasteiger partial charge is 0.322 e. The summed E-state index contributed by atoms with van der Waals surface area (Å²) in [6.07, 6.45) is 0.907. The van der Waals surface area contributed by atoms with Crippen molar-refractivity contribution in [3.05, 3.63) is 69.4 Å². The van der Waals surface area contributed by atoms with E-state index in [1.807, 2.05) is 19.9 Å². The molecule has 3 rings (SSSR count). The molecule has 0 fully saturated rings. The molecule has 3 aromatic rings. The van der Waals surface area contributed by atoms with Crippen LogP contribution in [0, 0.1) is 13.8 Å². The van der Waals surface area contributed by atoms with Crippen LogP contribution in [0.15, 0.2) is 53.0 Å². The third kappa shape index (κ3) is 6.71. The van der Waals surface area contributed by atoms with Crippen molar-refractivity contribution in [3.63, 3.8) is 0 Å². The maximum absolute atomic E-state index is 12.2. The number of anilines is 1. The van der Waals surface area contributed by atoms with Gasteiger partial charge in [-0.25, -0.2) is 9.97 Å². The van der Waals surface area contributed by atoms with E-state index in [1.165, 1.54) is 0 Å². The number of nitrogens with one attached hydrogen (secondary N) is 1. The van der Waals surface area contributed by atoms with Crippen molar-refractivity contribution >= 4 is 39.1 Å². The summed E-state index contributed by atoms with van der Waals surface area (Å²) in [5.74, 6) is 1.14. The first-order chi connectivity index (χ1) is 14.4. The average molecular weight is 491 g/mol. The zero-order valence-electron chi connectivity index (χ0n) is 16.6. The van der Waals surface area contributed by atoms with Crippen LogP contribution >= 0.6 is 27.5 Å². The molecule has 0 saturated carbocycles. The molecule has 0 spiro atoms. The van der Waals surface area contributed by atoms with Gasteiger partial charge >= 0.3 is 6.01 Å². The lowest BCUT2D eigenvalue weighted by molar-refractivity contribution is -0.116. The van der Waals surface area contributed by atoms with Gasteiger partial charge in [0.1, 0.15) is 11.5 Å². The number of carbonyl (C=O) groups excluding carboxylic acids is 1. The number of benzene rings is 2. The average Bonchev–Trinajstić information content (AvgIpc) is 2.66. The molecule has 0 saturated heterocycles. The van der Waals surface area contributed by atoms with E-state index in [2.05, 4.69) is 31.2 Å². The number of rotatable bonds is 8. The molecule has 0 unspecified atom stereocenters. The highest BCUT2D eigenvalue weighted by Crippen LogP contribution is 2.28. The molecule has 0 atom stereocenters. The molecule has 0 aliphatic rings. The van der Waals surface area contributed by atoms with Gasteiger partial charge in [0.05, 0.1) is 11.1 Å². The quantitative estimate of drug-likeness (QED) is 0.386. The Kier molecular flexibility index (Phi) is 7.65. The summed E-state index contributed by atoms with van der Waals surface area (Å²) in [5, 5.41) is 3.49. The van der Waals surface area contributed by atoms with E-state index >= 15 is 0 Å². The SMILES string of the molecule is Cc1cc(C)nc(Oc2cccc(NC(=O)CCCOc3ccc(Cl)cc3Br)c2)n1. The highest BCUT2D eigenvalue weighted by molar-refractivity contribution is 9.10. The van der Waals surface area contributed by atoms with Crippen molar-refractivity contribution in [2.75, 3.05) is 11.9 Å². The second-order valence-electron chi connectivity index (χ2n) is 6.64. The van der Waals surface area contributed by atoms with E-state index in [4.69, 9.17) is 21.1 Å². The topological polar surface area (TPSA) is 73.3 Å². The van der Waals surface area contributed by atoms with Crippen molar-refractivity contribution in [2.24, 2.45) is 0 Å². The van der Waals surface area contributed by atoms with Gasteiger partial charge in [-0.05, 0) is 72.6 Å². The Labute approximate surface area is 188 Å². The van der Waals surface area contributed by atoms with Gasteiger partial charge in [-0.15, -0.1) is 0 Å². The normalized spacial score (nSPS) is 10.5. The molecule has 0 aliphatic heterocycles. The van der Waals surface area contributed by atoms with Gasteiger partial charge in [-0.3, -0.25) is 4.79 Å². The Bertz CT molecular complexity index is 1030. The Morgan fingerprint density at radius 2 is 1.87 bits per heavy atom. The summed E-state index contributed by atoms with van der Waals surface area (Å²) >= 11 is 9.31. The number of nitrogens with zero attached hydrogens (tertiary/aromatic N) is 2. The number of halogens is 2. The van der Waals surface area contributed by atoms with Crippen LogP contribution < -0.4 is 14.8 Å². The zero-order chi connectivity index (χ0) is 21.5. The zero-order valence-corrected chi connectivity index (χ0v) is 19.0. The minimum Gasteiger partial charge on any atom is -0.492 e. The molecule has 6 nitrogen and oxygen atoms in total. The van der Waals surface area contributed by atoms with Gasteiger partial charge in [0.25, 0.3) is 0 Å². The van der Waals surface area contributed by atoms with Gasteiger partial charge in [-0.2, -0.15) is 0 Å². The monoisotopic (exact) mass is 489 g/mol. The highest BCUT2D eigenvalue weighted by atomic mass is 79.9. The van der Waals surface area contributed by atoms with Crippen molar-refractivity contribution in [1.82, 2.24) is 9.97 Å². The highest BCUT2D eigenvalue weighted by Gasteiger charge is 2.07. The minimum absolute atomic E-state index is 0.103. The fourth-order valence-corrected chi connectivity index (χ4v) is 3.51. The number of aryl methyl sites for hydroxylation is 2. The van der Waals surface area contributed by atoms with Crippen molar-refractivity contribution in [2.45, 2.75) is 26.7 Å². The Morgan fingerprint density at radius 3 is 2.60 bits per heavy atom. The molecule has 30 heavy (non-hydrogen) atoms. The molecule has 156 valence electrons. The van der Waals surface area contributed by atoms with Gasteiger partial charge < -0.3 is 14.8 Å². The third-order valence-electron chi connectivity index (χ3n) is 3.99. The second-order valence-corrected chi connectivity index (χ2v) is 7.93. The van der Waals surface area contributed by atoms with Crippen LogP contribution in [0.1, 0.15) is 24.2 Å². The Hall–Kier alpha value is -2.64. The van der Waals surface area contributed by atoms with Crippen molar-refractivity contribution in [1.29, 1.82) is 0 Å². The summed E-state index contributed by atoms with van der Waals surface area (Å²) in [5.41, 5.74) is 2.30. The maximum Gasteiger partial charge on any atom is 0.322 e. The van der Waals surface area contributed by atoms with E-state index in [1.54, 1.807) is 42.5 Å². The number of hydrogen-bond donors (Lipinski definition) is 1. The van der Waals surface area contributed by atoms with Crippen LogP contribution in [0.4, 0.5) is 5.69 Å². The van der Waals surface area contributed by atoms with Gasteiger partial charge in [0.15, 0.2) is 0 Å². The Balaban J connectivity index is 1.48. The number of hydrogen-bond acceptors (Lipinski definition) is 5. The van der Waals surface area contributed by atoms with E-state index in [9.17, 15) is 4.79 Å². The van der Waals surface area contributed by atoms with Crippen molar-refractivity contribution in [3.8, 4) is 17.5 Å². The standard InChI is InChI=1S/C22H21BrClN3O3/c1-14-11-15(2)26-22(25-14)30-18-6-3-5-17(13-18)27-21(28)7-4-10-29-20-9-8-16(24)12-19(20)23/h3,5-6,8-9,11-13H,4,7,10H2,1-2H3,(H,27,28). The molecular formula is C22H21BrClN3O3. The predicted molar refractivity (Wildman–Crippen MR) is 121 cm³/mol. The summed E-state index contributed by atoms with van der Waals surface area (Å²) in [6, 6.07) is 14.6. The molecule has 1 amide bonds.